The monoisotopic (exact) mass is 396 g/mol. The maximum atomic E-state index is 12.6. The number of carbonyl (C=O) groups is 2. The number of nitrogens with one attached hydrogen (secondary N) is 1. The average Bonchev–Trinajstić information content (AvgIpc) is 3.46. The summed E-state index contributed by atoms with van der Waals surface area (Å²) >= 11 is 0. The summed E-state index contributed by atoms with van der Waals surface area (Å²) in [5.41, 5.74) is 4.59. The van der Waals surface area contributed by atoms with Gasteiger partial charge in [0, 0.05) is 19.6 Å². The largest absolute Gasteiger partial charge is 0.445 e. The maximum absolute atomic E-state index is 12.6. The van der Waals surface area contributed by atoms with E-state index in [1.807, 2.05) is 30.7 Å². The van der Waals surface area contributed by atoms with E-state index in [4.69, 9.17) is 4.74 Å². The van der Waals surface area contributed by atoms with E-state index >= 15 is 0 Å². The molecule has 2 heterocycles. The molecular formula is C22H28N4O3. The van der Waals surface area contributed by atoms with Gasteiger partial charge < -0.3 is 15.0 Å². The van der Waals surface area contributed by atoms with Gasteiger partial charge >= 0.3 is 6.09 Å². The van der Waals surface area contributed by atoms with Gasteiger partial charge in [0.2, 0.25) is 0 Å². The molecule has 1 aliphatic carbocycles. The van der Waals surface area contributed by atoms with Crippen molar-refractivity contribution in [3.63, 3.8) is 0 Å². The molecule has 1 N–H and O–H groups in total. The number of aryl methyl sites for hydroxylation is 3. The molecule has 0 spiro atoms. The van der Waals surface area contributed by atoms with Crippen LogP contribution in [0.1, 0.15) is 52.1 Å². The van der Waals surface area contributed by atoms with E-state index in [1.54, 1.807) is 11.0 Å². The summed E-state index contributed by atoms with van der Waals surface area (Å²) in [5, 5.41) is 7.39. The highest BCUT2D eigenvalue weighted by atomic mass is 16.6. The lowest BCUT2D eigenvalue weighted by Gasteiger charge is -2.19. The minimum absolute atomic E-state index is 0.138. The molecule has 29 heavy (non-hydrogen) atoms. The number of hydrogen-bond donors (Lipinski definition) is 1. The number of fused-ring (bicyclic) bond motifs is 1. The Bertz CT molecular complexity index is 897. The molecule has 7 nitrogen and oxygen atoms in total. The van der Waals surface area contributed by atoms with Crippen LogP contribution in [0.3, 0.4) is 0 Å². The Kier molecular flexibility index (Phi) is 5.56. The fourth-order valence-corrected chi connectivity index (χ4v) is 3.77. The maximum Gasteiger partial charge on any atom is 0.410 e. The SMILES string of the molecule is Cc1cc(C)cc(COC(=O)N2CCCn3nc(C(=O)NCC4CC4)cc3C2)c1. The Balaban J connectivity index is 1.37. The van der Waals surface area contributed by atoms with Crippen LogP contribution in [0.15, 0.2) is 24.3 Å². The Morgan fingerprint density at radius 1 is 1.14 bits per heavy atom. The minimum atomic E-state index is -0.335. The number of nitrogens with zero attached hydrogens (tertiary/aromatic N) is 3. The van der Waals surface area contributed by atoms with Crippen LogP contribution in [0.25, 0.3) is 0 Å². The summed E-state index contributed by atoms with van der Waals surface area (Å²) in [4.78, 5) is 26.6. The third-order valence-corrected chi connectivity index (χ3v) is 5.40. The molecule has 1 fully saturated rings. The molecule has 154 valence electrons. The van der Waals surface area contributed by atoms with E-state index in [2.05, 4.69) is 16.5 Å². The van der Waals surface area contributed by atoms with Gasteiger partial charge in [0.15, 0.2) is 5.69 Å². The second kappa shape index (κ2) is 8.27. The third kappa shape index (κ3) is 4.96. The summed E-state index contributed by atoms with van der Waals surface area (Å²) in [6, 6.07) is 7.95. The molecule has 4 rings (SSSR count). The molecule has 1 saturated carbocycles. The van der Waals surface area contributed by atoms with E-state index in [9.17, 15) is 9.59 Å². The minimum Gasteiger partial charge on any atom is -0.445 e. The molecule has 0 saturated heterocycles. The Morgan fingerprint density at radius 2 is 1.90 bits per heavy atom. The van der Waals surface area contributed by atoms with Crippen molar-refractivity contribution in [3.05, 3.63) is 52.3 Å². The number of rotatable bonds is 5. The standard InChI is InChI=1S/C22H28N4O3/c1-15-8-16(2)10-18(9-15)14-29-22(28)25-6-3-7-26-19(13-25)11-20(24-26)21(27)23-12-17-4-5-17/h8-11,17H,3-7,12-14H2,1-2H3,(H,23,27). The van der Waals surface area contributed by atoms with Crippen molar-refractivity contribution in [2.24, 2.45) is 5.92 Å². The van der Waals surface area contributed by atoms with Crippen LogP contribution < -0.4 is 5.32 Å². The Labute approximate surface area is 171 Å². The fourth-order valence-electron chi connectivity index (χ4n) is 3.77. The highest BCUT2D eigenvalue weighted by Crippen LogP contribution is 2.27. The molecule has 2 amide bonds. The zero-order valence-electron chi connectivity index (χ0n) is 17.1. The quantitative estimate of drug-likeness (QED) is 0.842. The lowest BCUT2D eigenvalue weighted by atomic mass is 10.1. The number of hydrogen-bond acceptors (Lipinski definition) is 4. The molecule has 1 aromatic heterocycles. The van der Waals surface area contributed by atoms with Gasteiger partial charge in [-0.3, -0.25) is 9.48 Å². The van der Waals surface area contributed by atoms with Gasteiger partial charge in [-0.25, -0.2) is 4.79 Å². The van der Waals surface area contributed by atoms with Crippen LogP contribution in [0.5, 0.6) is 0 Å². The molecule has 0 radical (unpaired) electrons. The van der Waals surface area contributed by atoms with Crippen molar-refractivity contribution in [3.8, 4) is 0 Å². The van der Waals surface area contributed by atoms with Gasteiger partial charge in [-0.15, -0.1) is 0 Å². The first kappa shape index (κ1) is 19.5. The second-order valence-electron chi connectivity index (χ2n) is 8.22. The molecule has 2 aromatic rings. The fraction of sp³-hybridized carbons (Fsp3) is 0.500. The van der Waals surface area contributed by atoms with Gasteiger partial charge in [-0.05, 0) is 50.7 Å². The lowest BCUT2D eigenvalue weighted by Crippen LogP contribution is -2.31. The molecule has 0 unspecified atom stereocenters. The van der Waals surface area contributed by atoms with Gasteiger partial charge in [0.05, 0.1) is 12.2 Å². The normalized spacial score (nSPS) is 16.1. The van der Waals surface area contributed by atoms with Gasteiger partial charge in [-0.2, -0.15) is 5.10 Å². The number of carbonyl (C=O) groups excluding carboxylic acids is 2. The Hall–Kier alpha value is -2.83. The smallest absolute Gasteiger partial charge is 0.410 e. The van der Waals surface area contributed by atoms with E-state index in [0.29, 0.717) is 31.2 Å². The van der Waals surface area contributed by atoms with Crippen molar-refractivity contribution in [2.75, 3.05) is 13.1 Å². The van der Waals surface area contributed by atoms with Crippen LogP contribution in [0, 0.1) is 19.8 Å². The molecule has 1 aromatic carbocycles. The first-order valence-electron chi connectivity index (χ1n) is 10.3. The number of amides is 2. The predicted molar refractivity (Wildman–Crippen MR) is 108 cm³/mol. The summed E-state index contributed by atoms with van der Waals surface area (Å²) in [6.45, 7) is 6.74. The van der Waals surface area contributed by atoms with Crippen molar-refractivity contribution < 1.29 is 14.3 Å². The van der Waals surface area contributed by atoms with Crippen LogP contribution in [-0.2, 0) is 24.4 Å². The number of ether oxygens (including phenoxy) is 1. The summed E-state index contributed by atoms with van der Waals surface area (Å²) < 4.78 is 7.39. The number of aromatic nitrogens is 2. The lowest BCUT2D eigenvalue weighted by molar-refractivity contribution is 0.0941. The summed E-state index contributed by atoms with van der Waals surface area (Å²) in [6.07, 6.45) is 2.83. The van der Waals surface area contributed by atoms with E-state index in [-0.39, 0.29) is 18.6 Å². The second-order valence-corrected chi connectivity index (χ2v) is 8.22. The first-order chi connectivity index (χ1) is 14.0. The van der Waals surface area contributed by atoms with Gasteiger partial charge in [-0.1, -0.05) is 29.3 Å². The number of benzene rings is 1. The zero-order chi connectivity index (χ0) is 20.4. The Morgan fingerprint density at radius 3 is 2.62 bits per heavy atom. The molecule has 7 heteroatoms. The van der Waals surface area contributed by atoms with Crippen LogP contribution >= 0.6 is 0 Å². The van der Waals surface area contributed by atoms with E-state index in [0.717, 1.165) is 35.3 Å². The van der Waals surface area contributed by atoms with Gasteiger partial charge in [0.25, 0.3) is 5.91 Å². The van der Waals surface area contributed by atoms with Crippen molar-refractivity contribution >= 4 is 12.0 Å². The molecule has 2 aliphatic rings. The van der Waals surface area contributed by atoms with Crippen LogP contribution in [0.2, 0.25) is 0 Å². The topological polar surface area (TPSA) is 76.5 Å². The molecule has 1 aliphatic heterocycles. The average molecular weight is 396 g/mol. The third-order valence-electron chi connectivity index (χ3n) is 5.40. The van der Waals surface area contributed by atoms with Crippen molar-refractivity contribution in [2.45, 2.75) is 52.8 Å². The van der Waals surface area contributed by atoms with Crippen LogP contribution in [0.4, 0.5) is 4.79 Å². The van der Waals surface area contributed by atoms with Gasteiger partial charge in [0.1, 0.15) is 6.61 Å². The van der Waals surface area contributed by atoms with Crippen molar-refractivity contribution in [1.82, 2.24) is 20.0 Å². The van der Waals surface area contributed by atoms with E-state index in [1.165, 1.54) is 12.8 Å². The van der Waals surface area contributed by atoms with E-state index < -0.39 is 0 Å². The van der Waals surface area contributed by atoms with Crippen molar-refractivity contribution in [1.29, 1.82) is 0 Å². The summed E-state index contributed by atoms with van der Waals surface area (Å²) in [7, 11) is 0. The molecule has 0 bridgehead atoms. The summed E-state index contributed by atoms with van der Waals surface area (Å²) in [5.74, 6) is 0.489. The first-order valence-corrected chi connectivity index (χ1v) is 10.3. The molecule has 0 atom stereocenters. The predicted octanol–water partition coefficient (Wildman–Crippen LogP) is 3.18. The molecular weight excluding hydrogens is 368 g/mol. The highest BCUT2D eigenvalue weighted by Gasteiger charge is 2.25. The zero-order valence-corrected chi connectivity index (χ0v) is 17.1. The van der Waals surface area contributed by atoms with Crippen LogP contribution in [-0.4, -0.2) is 39.8 Å². The highest BCUT2D eigenvalue weighted by molar-refractivity contribution is 5.92.